The molecule has 2 aromatic heterocycles. The molecule has 1 aromatic carbocycles. The molecule has 0 aliphatic heterocycles. The van der Waals surface area contributed by atoms with Gasteiger partial charge in [0, 0.05) is 30.7 Å². The summed E-state index contributed by atoms with van der Waals surface area (Å²) in [6.45, 7) is 2.74. The lowest BCUT2D eigenvalue weighted by Crippen LogP contribution is -2.29. The van der Waals surface area contributed by atoms with Gasteiger partial charge in [0.2, 0.25) is 5.91 Å². The van der Waals surface area contributed by atoms with Crippen LogP contribution in [0.15, 0.2) is 48.0 Å². The van der Waals surface area contributed by atoms with Gasteiger partial charge in [0.25, 0.3) is 5.91 Å². The molecule has 0 saturated carbocycles. The SMILES string of the molecule is CCc1nc(-c2cnc(C(=O)NC)c(NC(=O)CNCc3ccccc3)c2)cs1. The van der Waals surface area contributed by atoms with Gasteiger partial charge in [0.05, 0.1) is 22.9 Å². The Labute approximate surface area is 173 Å². The van der Waals surface area contributed by atoms with Gasteiger partial charge in [0.1, 0.15) is 0 Å². The molecule has 0 aliphatic rings. The first kappa shape index (κ1) is 20.6. The molecular formula is C21H23N5O2S. The molecule has 0 unspecified atom stereocenters. The average molecular weight is 410 g/mol. The fraction of sp³-hybridized carbons (Fsp3) is 0.238. The van der Waals surface area contributed by atoms with Gasteiger partial charge in [-0.25, -0.2) is 9.97 Å². The van der Waals surface area contributed by atoms with E-state index in [1.807, 2.05) is 42.6 Å². The van der Waals surface area contributed by atoms with Crippen molar-refractivity contribution < 1.29 is 9.59 Å². The average Bonchev–Trinajstić information content (AvgIpc) is 3.23. The Kier molecular flexibility index (Phi) is 7.04. The van der Waals surface area contributed by atoms with Crippen LogP contribution < -0.4 is 16.0 Å². The third-order valence-electron chi connectivity index (χ3n) is 4.21. The first-order valence-corrected chi connectivity index (χ1v) is 10.2. The second kappa shape index (κ2) is 9.90. The van der Waals surface area contributed by atoms with Gasteiger partial charge in [-0.3, -0.25) is 9.59 Å². The number of anilines is 1. The van der Waals surface area contributed by atoms with E-state index in [0.29, 0.717) is 12.2 Å². The normalized spacial score (nSPS) is 10.6. The van der Waals surface area contributed by atoms with E-state index < -0.39 is 0 Å². The summed E-state index contributed by atoms with van der Waals surface area (Å²) in [6.07, 6.45) is 2.45. The van der Waals surface area contributed by atoms with Crippen LogP contribution in [-0.2, 0) is 17.8 Å². The van der Waals surface area contributed by atoms with E-state index in [1.165, 1.54) is 7.05 Å². The van der Waals surface area contributed by atoms with Crippen molar-refractivity contribution in [2.45, 2.75) is 19.9 Å². The Bertz CT molecular complexity index is 988. The van der Waals surface area contributed by atoms with Crippen molar-refractivity contribution in [3.8, 4) is 11.3 Å². The number of hydrogen-bond donors (Lipinski definition) is 3. The molecule has 0 spiro atoms. The predicted octanol–water partition coefficient (Wildman–Crippen LogP) is 2.86. The van der Waals surface area contributed by atoms with Crippen LogP contribution in [0.5, 0.6) is 0 Å². The third-order valence-corrected chi connectivity index (χ3v) is 5.20. The first-order valence-electron chi connectivity index (χ1n) is 9.32. The predicted molar refractivity (Wildman–Crippen MR) is 115 cm³/mol. The number of pyridine rings is 1. The van der Waals surface area contributed by atoms with Crippen LogP contribution in [0.2, 0.25) is 0 Å². The summed E-state index contributed by atoms with van der Waals surface area (Å²) in [5.41, 5.74) is 3.14. The molecule has 8 heteroatoms. The van der Waals surface area contributed by atoms with Gasteiger partial charge >= 0.3 is 0 Å². The van der Waals surface area contributed by atoms with Crippen molar-refractivity contribution in [3.05, 3.63) is 64.2 Å². The zero-order valence-corrected chi connectivity index (χ0v) is 17.2. The second-order valence-electron chi connectivity index (χ2n) is 6.32. The minimum Gasteiger partial charge on any atom is -0.354 e. The maximum absolute atomic E-state index is 12.4. The molecule has 0 atom stereocenters. The van der Waals surface area contributed by atoms with E-state index in [0.717, 1.165) is 28.2 Å². The molecule has 0 bridgehead atoms. The number of carbonyl (C=O) groups is 2. The Morgan fingerprint density at radius 1 is 1.17 bits per heavy atom. The lowest BCUT2D eigenvalue weighted by molar-refractivity contribution is -0.115. The van der Waals surface area contributed by atoms with E-state index >= 15 is 0 Å². The molecule has 0 aliphatic carbocycles. The molecule has 3 rings (SSSR count). The van der Waals surface area contributed by atoms with E-state index in [4.69, 9.17) is 0 Å². The van der Waals surface area contributed by atoms with Gasteiger partial charge in [-0.05, 0) is 18.1 Å². The zero-order chi connectivity index (χ0) is 20.6. The number of nitrogens with one attached hydrogen (secondary N) is 3. The number of amides is 2. The molecule has 0 fully saturated rings. The number of rotatable bonds is 8. The van der Waals surface area contributed by atoms with Crippen LogP contribution in [0, 0.1) is 0 Å². The zero-order valence-electron chi connectivity index (χ0n) is 16.4. The lowest BCUT2D eigenvalue weighted by atomic mass is 10.1. The molecule has 2 heterocycles. The first-order chi connectivity index (χ1) is 14.1. The minimum absolute atomic E-state index is 0.114. The summed E-state index contributed by atoms with van der Waals surface area (Å²) < 4.78 is 0. The fourth-order valence-electron chi connectivity index (χ4n) is 2.72. The summed E-state index contributed by atoms with van der Waals surface area (Å²) in [6, 6.07) is 11.6. The van der Waals surface area contributed by atoms with Crippen LogP contribution in [0.1, 0.15) is 28.0 Å². The monoisotopic (exact) mass is 409 g/mol. The molecule has 3 N–H and O–H groups in total. The Hall–Kier alpha value is -3.10. The molecule has 3 aromatic rings. The van der Waals surface area contributed by atoms with Crippen LogP contribution in [0.3, 0.4) is 0 Å². The number of thiazole rings is 1. The van der Waals surface area contributed by atoms with Gasteiger partial charge in [-0.15, -0.1) is 11.3 Å². The van der Waals surface area contributed by atoms with Crippen LogP contribution in [0.25, 0.3) is 11.3 Å². The highest BCUT2D eigenvalue weighted by Gasteiger charge is 2.16. The van der Waals surface area contributed by atoms with Crippen molar-refractivity contribution in [2.75, 3.05) is 18.9 Å². The minimum atomic E-state index is -0.364. The molecule has 7 nitrogen and oxygen atoms in total. The quantitative estimate of drug-likeness (QED) is 0.532. The molecular weight excluding hydrogens is 386 g/mol. The van der Waals surface area contributed by atoms with Crippen molar-refractivity contribution in [2.24, 2.45) is 0 Å². The molecule has 150 valence electrons. The lowest BCUT2D eigenvalue weighted by Gasteiger charge is -2.11. The summed E-state index contributed by atoms with van der Waals surface area (Å²) in [5.74, 6) is -0.617. The number of benzene rings is 1. The number of aryl methyl sites for hydroxylation is 1. The third kappa shape index (κ3) is 5.46. The number of hydrogen-bond acceptors (Lipinski definition) is 6. The highest BCUT2D eigenvalue weighted by molar-refractivity contribution is 7.09. The molecule has 2 amide bonds. The van der Waals surface area contributed by atoms with Crippen LogP contribution in [0.4, 0.5) is 5.69 Å². The largest absolute Gasteiger partial charge is 0.354 e. The van der Waals surface area contributed by atoms with E-state index in [9.17, 15) is 9.59 Å². The Morgan fingerprint density at radius 2 is 1.97 bits per heavy atom. The maximum atomic E-state index is 12.4. The van der Waals surface area contributed by atoms with Crippen molar-refractivity contribution in [3.63, 3.8) is 0 Å². The van der Waals surface area contributed by atoms with Gasteiger partial charge in [0.15, 0.2) is 5.69 Å². The number of aromatic nitrogens is 2. The van der Waals surface area contributed by atoms with Crippen LogP contribution in [-0.4, -0.2) is 35.4 Å². The Balaban J connectivity index is 1.73. The Morgan fingerprint density at radius 3 is 2.66 bits per heavy atom. The van der Waals surface area contributed by atoms with Crippen molar-refractivity contribution in [1.29, 1.82) is 0 Å². The van der Waals surface area contributed by atoms with E-state index in [1.54, 1.807) is 23.6 Å². The van der Waals surface area contributed by atoms with E-state index in [2.05, 4.69) is 25.9 Å². The van der Waals surface area contributed by atoms with Gasteiger partial charge in [-0.1, -0.05) is 37.3 Å². The fourth-order valence-corrected chi connectivity index (χ4v) is 3.47. The molecule has 0 saturated heterocycles. The van der Waals surface area contributed by atoms with Crippen molar-refractivity contribution >= 4 is 28.8 Å². The van der Waals surface area contributed by atoms with Gasteiger partial charge < -0.3 is 16.0 Å². The highest BCUT2D eigenvalue weighted by atomic mass is 32.1. The molecule has 0 radical (unpaired) electrons. The summed E-state index contributed by atoms with van der Waals surface area (Å²) in [7, 11) is 1.53. The second-order valence-corrected chi connectivity index (χ2v) is 7.26. The maximum Gasteiger partial charge on any atom is 0.271 e. The van der Waals surface area contributed by atoms with Crippen molar-refractivity contribution in [1.82, 2.24) is 20.6 Å². The van der Waals surface area contributed by atoms with E-state index in [-0.39, 0.29) is 24.1 Å². The summed E-state index contributed by atoms with van der Waals surface area (Å²) in [5, 5.41) is 11.4. The molecule has 29 heavy (non-hydrogen) atoms. The smallest absolute Gasteiger partial charge is 0.271 e. The standard InChI is InChI=1S/C21H23N5O2S/c1-3-19-26-17(13-29-19)15-9-16(20(24-11-15)21(28)22-2)25-18(27)12-23-10-14-7-5-4-6-8-14/h4-9,11,13,23H,3,10,12H2,1-2H3,(H,22,28)(H,25,27). The summed E-state index contributed by atoms with van der Waals surface area (Å²) in [4.78, 5) is 33.4. The highest BCUT2D eigenvalue weighted by Crippen LogP contribution is 2.26. The van der Waals surface area contributed by atoms with Gasteiger partial charge in [-0.2, -0.15) is 0 Å². The summed E-state index contributed by atoms with van der Waals surface area (Å²) >= 11 is 1.57. The number of carbonyl (C=O) groups excluding carboxylic acids is 2. The number of nitrogens with zero attached hydrogens (tertiary/aromatic N) is 2. The van der Waals surface area contributed by atoms with Crippen LogP contribution >= 0.6 is 11.3 Å². The topological polar surface area (TPSA) is 96.0 Å².